The van der Waals surface area contributed by atoms with Gasteiger partial charge in [0.15, 0.2) is 0 Å². The highest BCUT2D eigenvalue weighted by atomic mass is 35.5. The van der Waals surface area contributed by atoms with E-state index >= 15 is 0 Å². The molecule has 5 heteroatoms. The van der Waals surface area contributed by atoms with Crippen molar-refractivity contribution in [1.29, 1.82) is 0 Å². The first-order valence-corrected chi connectivity index (χ1v) is 7.57. The van der Waals surface area contributed by atoms with E-state index in [-0.39, 0.29) is 11.9 Å². The molecular formula is C12H17ClFNOS. The van der Waals surface area contributed by atoms with Crippen molar-refractivity contribution >= 4 is 22.4 Å². The number of hydrogen-bond donors (Lipinski definition) is 1. The molecule has 0 aliphatic heterocycles. The Balaban J connectivity index is 2.47. The summed E-state index contributed by atoms with van der Waals surface area (Å²) in [6.07, 6.45) is 2.48. The molecule has 1 aromatic carbocycles. The van der Waals surface area contributed by atoms with Gasteiger partial charge in [-0.25, -0.2) is 4.39 Å². The third-order valence-electron chi connectivity index (χ3n) is 2.53. The summed E-state index contributed by atoms with van der Waals surface area (Å²) in [5, 5.41) is 3.61. The van der Waals surface area contributed by atoms with Crippen LogP contribution in [0.1, 0.15) is 18.9 Å². The summed E-state index contributed by atoms with van der Waals surface area (Å²) in [6.45, 7) is 2.38. The SMILES string of the molecule is CC(CCS(C)=O)NCc1c(F)cccc1Cl. The maximum atomic E-state index is 13.4. The molecule has 96 valence electrons. The lowest BCUT2D eigenvalue weighted by molar-refractivity contribution is 0.517. The molecule has 0 bridgehead atoms. The van der Waals surface area contributed by atoms with Crippen molar-refractivity contribution in [1.82, 2.24) is 5.32 Å². The number of nitrogens with one attached hydrogen (secondary N) is 1. The van der Waals surface area contributed by atoms with E-state index in [0.29, 0.717) is 22.9 Å². The minimum atomic E-state index is -0.783. The molecule has 0 saturated carbocycles. The molecule has 0 amide bonds. The molecule has 0 aliphatic carbocycles. The van der Waals surface area contributed by atoms with E-state index in [1.165, 1.54) is 6.07 Å². The van der Waals surface area contributed by atoms with Crippen LogP contribution < -0.4 is 5.32 Å². The van der Waals surface area contributed by atoms with Crippen molar-refractivity contribution < 1.29 is 8.60 Å². The van der Waals surface area contributed by atoms with Gasteiger partial charge in [-0.1, -0.05) is 17.7 Å². The summed E-state index contributed by atoms with van der Waals surface area (Å²) in [5.41, 5.74) is 0.485. The number of benzene rings is 1. The smallest absolute Gasteiger partial charge is 0.129 e. The molecule has 1 aromatic rings. The fraction of sp³-hybridized carbons (Fsp3) is 0.500. The van der Waals surface area contributed by atoms with Gasteiger partial charge in [0.25, 0.3) is 0 Å². The summed E-state index contributed by atoms with van der Waals surface area (Å²) < 4.78 is 24.4. The monoisotopic (exact) mass is 277 g/mol. The van der Waals surface area contributed by atoms with E-state index in [9.17, 15) is 8.60 Å². The second-order valence-electron chi connectivity index (χ2n) is 4.05. The zero-order valence-electron chi connectivity index (χ0n) is 10.0. The Morgan fingerprint density at radius 1 is 1.53 bits per heavy atom. The largest absolute Gasteiger partial charge is 0.310 e. The Hall–Kier alpha value is -0.450. The zero-order chi connectivity index (χ0) is 12.8. The molecule has 2 unspecified atom stereocenters. The molecule has 1 N–H and O–H groups in total. The summed E-state index contributed by atoms with van der Waals surface area (Å²) >= 11 is 5.91. The second kappa shape index (κ2) is 7.09. The fourth-order valence-electron chi connectivity index (χ4n) is 1.42. The minimum absolute atomic E-state index is 0.189. The lowest BCUT2D eigenvalue weighted by atomic mass is 10.2. The van der Waals surface area contributed by atoms with Gasteiger partial charge in [-0.15, -0.1) is 0 Å². The molecule has 0 spiro atoms. The van der Waals surface area contributed by atoms with Crippen LogP contribution in [0.5, 0.6) is 0 Å². The van der Waals surface area contributed by atoms with Crippen molar-refractivity contribution in [3.63, 3.8) is 0 Å². The van der Waals surface area contributed by atoms with Crippen molar-refractivity contribution in [2.75, 3.05) is 12.0 Å². The topological polar surface area (TPSA) is 29.1 Å². The highest BCUT2D eigenvalue weighted by molar-refractivity contribution is 7.84. The van der Waals surface area contributed by atoms with Gasteiger partial charge in [-0.2, -0.15) is 0 Å². The Labute approximate surface area is 109 Å². The predicted octanol–water partition coefficient (Wildman–Crippen LogP) is 2.73. The molecular weight excluding hydrogens is 261 g/mol. The van der Waals surface area contributed by atoms with E-state index in [0.717, 1.165) is 6.42 Å². The Morgan fingerprint density at radius 2 is 2.24 bits per heavy atom. The zero-order valence-corrected chi connectivity index (χ0v) is 11.6. The summed E-state index contributed by atoms with van der Waals surface area (Å²) in [5.74, 6) is 0.357. The molecule has 0 aliphatic rings. The van der Waals surface area contributed by atoms with E-state index in [1.807, 2.05) is 6.92 Å². The normalized spacial score (nSPS) is 14.6. The van der Waals surface area contributed by atoms with Gasteiger partial charge in [-0.3, -0.25) is 4.21 Å². The first-order chi connectivity index (χ1) is 8.00. The summed E-state index contributed by atoms with van der Waals surface area (Å²) in [4.78, 5) is 0. The number of hydrogen-bond acceptors (Lipinski definition) is 2. The molecule has 1 rings (SSSR count). The van der Waals surface area contributed by atoms with Crippen molar-refractivity contribution in [3.8, 4) is 0 Å². The molecule has 0 saturated heterocycles. The predicted molar refractivity (Wildman–Crippen MR) is 71.3 cm³/mol. The average molecular weight is 278 g/mol. The highest BCUT2D eigenvalue weighted by Gasteiger charge is 2.08. The van der Waals surface area contributed by atoms with Gasteiger partial charge < -0.3 is 5.32 Å². The molecule has 0 heterocycles. The molecule has 0 fully saturated rings. The molecule has 0 aromatic heterocycles. The molecule has 2 atom stereocenters. The Morgan fingerprint density at radius 3 is 2.82 bits per heavy atom. The number of halogens is 2. The quantitative estimate of drug-likeness (QED) is 0.866. The third-order valence-corrected chi connectivity index (χ3v) is 3.69. The van der Waals surface area contributed by atoms with Crippen molar-refractivity contribution in [3.05, 3.63) is 34.6 Å². The third kappa shape index (κ3) is 5.15. The maximum absolute atomic E-state index is 13.4. The Bertz CT molecular complexity index is 380. The van der Waals surface area contributed by atoms with Crippen LogP contribution in [0, 0.1) is 5.82 Å². The van der Waals surface area contributed by atoms with E-state index < -0.39 is 10.8 Å². The van der Waals surface area contributed by atoms with Crippen LogP contribution in [-0.2, 0) is 17.3 Å². The Kier molecular flexibility index (Phi) is 6.09. The number of rotatable bonds is 6. The molecule has 17 heavy (non-hydrogen) atoms. The summed E-state index contributed by atoms with van der Waals surface area (Å²) in [6, 6.07) is 4.85. The van der Waals surface area contributed by atoms with Crippen LogP contribution >= 0.6 is 11.6 Å². The van der Waals surface area contributed by atoms with Crippen molar-refractivity contribution in [2.24, 2.45) is 0 Å². The average Bonchev–Trinajstić information content (AvgIpc) is 2.25. The van der Waals surface area contributed by atoms with Gasteiger partial charge in [0.2, 0.25) is 0 Å². The van der Waals surface area contributed by atoms with Gasteiger partial charge in [0.1, 0.15) is 5.82 Å². The first kappa shape index (κ1) is 14.6. The van der Waals surface area contributed by atoms with Crippen LogP contribution in [-0.4, -0.2) is 22.3 Å². The van der Waals surface area contributed by atoms with Crippen LogP contribution in [0.3, 0.4) is 0 Å². The van der Waals surface area contributed by atoms with E-state index in [4.69, 9.17) is 11.6 Å². The highest BCUT2D eigenvalue weighted by Crippen LogP contribution is 2.18. The van der Waals surface area contributed by atoms with Crippen molar-refractivity contribution in [2.45, 2.75) is 25.9 Å². The van der Waals surface area contributed by atoms with Crippen LogP contribution in [0.4, 0.5) is 4.39 Å². The summed E-state index contributed by atoms with van der Waals surface area (Å²) in [7, 11) is -0.783. The first-order valence-electron chi connectivity index (χ1n) is 5.47. The van der Waals surface area contributed by atoms with Crippen LogP contribution in [0.15, 0.2) is 18.2 Å². The van der Waals surface area contributed by atoms with Gasteiger partial charge in [0.05, 0.1) is 0 Å². The van der Waals surface area contributed by atoms with Gasteiger partial charge >= 0.3 is 0 Å². The van der Waals surface area contributed by atoms with E-state index in [2.05, 4.69) is 5.32 Å². The molecule has 0 radical (unpaired) electrons. The standard InChI is InChI=1S/C12H17ClFNOS/c1-9(6-7-17(2)16)15-8-10-11(13)4-3-5-12(10)14/h3-5,9,15H,6-8H2,1-2H3. The molecule has 2 nitrogen and oxygen atoms in total. The van der Waals surface area contributed by atoms with E-state index in [1.54, 1.807) is 18.4 Å². The fourth-order valence-corrected chi connectivity index (χ4v) is 2.34. The lowest BCUT2D eigenvalue weighted by Crippen LogP contribution is -2.27. The van der Waals surface area contributed by atoms with Gasteiger partial charge in [-0.05, 0) is 25.5 Å². The van der Waals surface area contributed by atoms with Crippen LogP contribution in [0.25, 0.3) is 0 Å². The maximum Gasteiger partial charge on any atom is 0.129 e. The second-order valence-corrected chi connectivity index (χ2v) is 6.01. The lowest BCUT2D eigenvalue weighted by Gasteiger charge is -2.14. The van der Waals surface area contributed by atoms with Gasteiger partial charge in [0, 0.05) is 46.0 Å². The minimum Gasteiger partial charge on any atom is -0.310 e. The van der Waals surface area contributed by atoms with Crippen LogP contribution in [0.2, 0.25) is 5.02 Å².